The molecular weight excluding hydrogens is 293 g/mol. The van der Waals surface area contributed by atoms with E-state index in [-0.39, 0.29) is 17.5 Å². The van der Waals surface area contributed by atoms with Crippen molar-refractivity contribution in [3.8, 4) is 0 Å². The second kappa shape index (κ2) is 6.03. The van der Waals surface area contributed by atoms with Gasteiger partial charge in [0.15, 0.2) is 5.16 Å². The summed E-state index contributed by atoms with van der Waals surface area (Å²) in [6.07, 6.45) is -0.805. The molecule has 1 aromatic heterocycles. The zero-order valence-corrected chi connectivity index (χ0v) is 13.2. The standard InChI is InChI=1S/C14H18FN3O2S/c1-7(2)18-13(20)16-17-14(18)21-12-5-8(3)11(15)6-10(12)9(4)19/h5-7,9,19H,1-4H3,(H,16,20)/t9-/m0/s1. The number of H-pyrrole nitrogens is 1. The van der Waals surface area contributed by atoms with Crippen molar-refractivity contribution in [1.29, 1.82) is 0 Å². The van der Waals surface area contributed by atoms with Gasteiger partial charge in [-0.3, -0.25) is 4.57 Å². The highest BCUT2D eigenvalue weighted by Gasteiger charge is 2.17. The lowest BCUT2D eigenvalue weighted by molar-refractivity contribution is 0.196. The van der Waals surface area contributed by atoms with Crippen molar-refractivity contribution in [3.05, 3.63) is 39.6 Å². The summed E-state index contributed by atoms with van der Waals surface area (Å²) >= 11 is 1.24. The van der Waals surface area contributed by atoms with Gasteiger partial charge in [0.1, 0.15) is 5.82 Å². The average molecular weight is 311 g/mol. The summed E-state index contributed by atoms with van der Waals surface area (Å²) in [7, 11) is 0. The third-order valence-corrected chi connectivity index (χ3v) is 4.17. The smallest absolute Gasteiger partial charge is 0.344 e. The Morgan fingerprint density at radius 1 is 1.38 bits per heavy atom. The number of hydrogen-bond acceptors (Lipinski definition) is 4. The van der Waals surface area contributed by atoms with Crippen LogP contribution in [-0.4, -0.2) is 19.9 Å². The Hall–Kier alpha value is -1.60. The lowest BCUT2D eigenvalue weighted by Crippen LogP contribution is -2.19. The predicted octanol–water partition coefficient (Wildman–Crippen LogP) is 2.80. The van der Waals surface area contributed by atoms with E-state index in [1.807, 2.05) is 13.8 Å². The maximum atomic E-state index is 13.7. The Labute approximate surface area is 126 Å². The third kappa shape index (κ3) is 3.19. The summed E-state index contributed by atoms with van der Waals surface area (Å²) in [6.45, 7) is 7.00. The SMILES string of the molecule is Cc1cc(Sc2n[nH]c(=O)n2C(C)C)c([C@H](C)O)cc1F. The highest BCUT2D eigenvalue weighted by molar-refractivity contribution is 7.99. The number of benzene rings is 1. The fourth-order valence-corrected chi connectivity index (χ4v) is 3.26. The van der Waals surface area contributed by atoms with E-state index in [9.17, 15) is 14.3 Å². The van der Waals surface area contributed by atoms with E-state index in [1.165, 1.54) is 22.4 Å². The summed E-state index contributed by atoms with van der Waals surface area (Å²) < 4.78 is 15.2. The van der Waals surface area contributed by atoms with E-state index < -0.39 is 6.10 Å². The third-order valence-electron chi connectivity index (χ3n) is 3.13. The summed E-state index contributed by atoms with van der Waals surface area (Å²) in [6, 6.07) is 2.94. The van der Waals surface area contributed by atoms with E-state index in [1.54, 1.807) is 19.9 Å². The Balaban J connectivity index is 2.49. The molecule has 7 heteroatoms. The van der Waals surface area contributed by atoms with Crippen LogP contribution in [0.1, 0.15) is 44.0 Å². The molecule has 0 bridgehead atoms. The first-order chi connectivity index (χ1) is 9.81. The number of aryl methyl sites for hydroxylation is 1. The van der Waals surface area contributed by atoms with E-state index in [0.717, 1.165) is 0 Å². The van der Waals surface area contributed by atoms with Gasteiger partial charge in [0.05, 0.1) is 6.10 Å². The van der Waals surface area contributed by atoms with Crippen LogP contribution < -0.4 is 5.69 Å². The van der Waals surface area contributed by atoms with Gasteiger partial charge in [0.2, 0.25) is 0 Å². The van der Waals surface area contributed by atoms with Crippen LogP contribution in [0, 0.1) is 12.7 Å². The van der Waals surface area contributed by atoms with Gasteiger partial charge in [0, 0.05) is 10.9 Å². The lowest BCUT2D eigenvalue weighted by Gasteiger charge is -2.14. The Morgan fingerprint density at radius 3 is 2.62 bits per heavy atom. The van der Waals surface area contributed by atoms with E-state index in [4.69, 9.17) is 0 Å². The van der Waals surface area contributed by atoms with Crippen LogP contribution in [0.15, 0.2) is 27.0 Å². The minimum atomic E-state index is -0.805. The largest absolute Gasteiger partial charge is 0.389 e. The number of nitrogens with zero attached hydrogens (tertiary/aromatic N) is 2. The van der Waals surface area contributed by atoms with Gasteiger partial charge in [0.25, 0.3) is 0 Å². The number of rotatable bonds is 4. The molecule has 1 aromatic carbocycles. The molecule has 0 saturated heterocycles. The number of aromatic nitrogens is 3. The highest BCUT2D eigenvalue weighted by Crippen LogP contribution is 2.34. The molecular formula is C14H18FN3O2S. The molecule has 2 rings (SSSR count). The zero-order chi connectivity index (χ0) is 15.7. The van der Waals surface area contributed by atoms with E-state index in [2.05, 4.69) is 10.2 Å². The number of nitrogens with one attached hydrogen (secondary N) is 1. The molecule has 0 aliphatic heterocycles. The molecule has 0 unspecified atom stereocenters. The topological polar surface area (TPSA) is 70.9 Å². The molecule has 5 nitrogen and oxygen atoms in total. The first-order valence-electron chi connectivity index (χ1n) is 6.64. The van der Waals surface area contributed by atoms with Gasteiger partial charge in [-0.15, -0.1) is 5.10 Å². The van der Waals surface area contributed by atoms with Crippen LogP contribution in [0.25, 0.3) is 0 Å². The van der Waals surface area contributed by atoms with Crippen LogP contribution in [0.2, 0.25) is 0 Å². The summed E-state index contributed by atoms with van der Waals surface area (Å²) in [4.78, 5) is 12.4. The maximum Gasteiger partial charge on any atom is 0.344 e. The van der Waals surface area contributed by atoms with Crippen LogP contribution in [-0.2, 0) is 0 Å². The molecule has 0 fully saturated rings. The molecule has 0 aliphatic carbocycles. The quantitative estimate of drug-likeness (QED) is 0.911. The molecule has 0 aliphatic rings. The van der Waals surface area contributed by atoms with Gasteiger partial charge in [-0.25, -0.2) is 14.3 Å². The second-order valence-corrected chi connectivity index (χ2v) is 6.20. The number of aromatic amines is 1. The normalized spacial score (nSPS) is 12.9. The van der Waals surface area contributed by atoms with Crippen molar-refractivity contribution in [1.82, 2.24) is 14.8 Å². The molecule has 2 N–H and O–H groups in total. The molecule has 1 heterocycles. The number of hydrogen-bond donors (Lipinski definition) is 2. The monoisotopic (exact) mass is 311 g/mol. The minimum absolute atomic E-state index is 0.0460. The van der Waals surface area contributed by atoms with Gasteiger partial charge >= 0.3 is 5.69 Å². The number of aliphatic hydroxyl groups is 1. The first kappa shape index (κ1) is 15.8. The van der Waals surface area contributed by atoms with E-state index >= 15 is 0 Å². The molecule has 0 amide bonds. The van der Waals surface area contributed by atoms with Crippen molar-refractivity contribution >= 4 is 11.8 Å². The van der Waals surface area contributed by atoms with Crippen molar-refractivity contribution in [2.45, 2.75) is 49.9 Å². The molecule has 0 radical (unpaired) electrons. The molecule has 21 heavy (non-hydrogen) atoms. The van der Waals surface area contributed by atoms with Gasteiger partial charge < -0.3 is 5.11 Å². The van der Waals surface area contributed by atoms with Crippen LogP contribution in [0.5, 0.6) is 0 Å². The van der Waals surface area contributed by atoms with Gasteiger partial charge in [-0.05, 0) is 62.7 Å². The summed E-state index contributed by atoms with van der Waals surface area (Å²) in [5.74, 6) is -0.362. The van der Waals surface area contributed by atoms with Crippen LogP contribution in [0.4, 0.5) is 4.39 Å². The Bertz CT molecular complexity index is 707. The Kier molecular flexibility index (Phi) is 4.53. The number of halogens is 1. The minimum Gasteiger partial charge on any atom is -0.389 e. The molecule has 0 saturated carbocycles. The van der Waals surface area contributed by atoms with Gasteiger partial charge in [-0.2, -0.15) is 0 Å². The van der Waals surface area contributed by atoms with Crippen molar-refractivity contribution in [2.75, 3.05) is 0 Å². The second-order valence-electron chi connectivity index (χ2n) is 5.19. The first-order valence-corrected chi connectivity index (χ1v) is 7.45. The maximum absolute atomic E-state index is 13.7. The van der Waals surface area contributed by atoms with Crippen LogP contribution >= 0.6 is 11.8 Å². The average Bonchev–Trinajstić information content (AvgIpc) is 2.74. The van der Waals surface area contributed by atoms with Gasteiger partial charge in [-0.1, -0.05) is 0 Å². The lowest BCUT2D eigenvalue weighted by atomic mass is 10.1. The fraction of sp³-hybridized carbons (Fsp3) is 0.429. The molecule has 1 atom stereocenters. The molecule has 0 spiro atoms. The highest BCUT2D eigenvalue weighted by atomic mass is 32.2. The summed E-state index contributed by atoms with van der Waals surface area (Å²) in [5.41, 5.74) is 0.676. The molecule has 114 valence electrons. The fourth-order valence-electron chi connectivity index (χ4n) is 2.00. The van der Waals surface area contributed by atoms with Crippen molar-refractivity contribution in [3.63, 3.8) is 0 Å². The molecule has 2 aromatic rings. The number of aliphatic hydroxyl groups excluding tert-OH is 1. The Morgan fingerprint density at radius 2 is 2.05 bits per heavy atom. The van der Waals surface area contributed by atoms with Crippen molar-refractivity contribution in [2.24, 2.45) is 0 Å². The van der Waals surface area contributed by atoms with Crippen LogP contribution in [0.3, 0.4) is 0 Å². The zero-order valence-electron chi connectivity index (χ0n) is 12.3. The van der Waals surface area contributed by atoms with Crippen molar-refractivity contribution < 1.29 is 9.50 Å². The van der Waals surface area contributed by atoms with E-state index in [0.29, 0.717) is 21.2 Å². The summed E-state index contributed by atoms with van der Waals surface area (Å²) in [5, 5.41) is 16.7. The predicted molar refractivity (Wildman–Crippen MR) is 79.1 cm³/mol.